The Hall–Kier alpha value is -2.09. The first-order chi connectivity index (χ1) is 11.7. The molecule has 7 nitrogen and oxygen atoms in total. The number of carbonyl (C=O) groups is 2. The van der Waals surface area contributed by atoms with Crippen LogP contribution in [0.4, 0.5) is 5.69 Å². The fourth-order valence-corrected chi connectivity index (χ4v) is 2.33. The summed E-state index contributed by atoms with van der Waals surface area (Å²) in [6.07, 6.45) is -1.14. The number of aromatic nitrogens is 2. The molecule has 0 fully saturated rings. The molecule has 0 saturated heterocycles. The molecule has 1 amide bonds. The van der Waals surface area contributed by atoms with Crippen LogP contribution in [0.2, 0.25) is 15.1 Å². The summed E-state index contributed by atoms with van der Waals surface area (Å²) in [6.45, 7) is 1.38. The van der Waals surface area contributed by atoms with Gasteiger partial charge in [0.25, 0.3) is 11.5 Å². The minimum atomic E-state index is -1.14. The Morgan fingerprint density at radius 3 is 2.44 bits per heavy atom. The van der Waals surface area contributed by atoms with Gasteiger partial charge in [-0.15, -0.1) is 0 Å². The number of ether oxygens (including phenoxy) is 1. The number of halogens is 3. The fourth-order valence-electron chi connectivity index (χ4n) is 1.74. The van der Waals surface area contributed by atoms with Crippen molar-refractivity contribution in [3.05, 3.63) is 55.4 Å². The zero-order chi connectivity index (χ0) is 18.7. The van der Waals surface area contributed by atoms with Crippen LogP contribution in [-0.4, -0.2) is 27.8 Å². The molecule has 10 heteroatoms. The SMILES string of the molecule is CC(OC(=O)c1ccc(=O)n(C)n1)C(=O)Nc1cc(Cl)c(Cl)cc1Cl. The van der Waals surface area contributed by atoms with Crippen LogP contribution in [0.5, 0.6) is 0 Å². The molecular weight excluding hydrogens is 393 g/mol. The van der Waals surface area contributed by atoms with E-state index < -0.39 is 18.0 Å². The highest BCUT2D eigenvalue weighted by Crippen LogP contribution is 2.32. The van der Waals surface area contributed by atoms with Gasteiger partial charge in [-0.25, -0.2) is 9.48 Å². The van der Waals surface area contributed by atoms with Gasteiger partial charge in [0.05, 0.1) is 20.8 Å². The van der Waals surface area contributed by atoms with Crippen LogP contribution in [0.1, 0.15) is 17.4 Å². The predicted molar refractivity (Wildman–Crippen MR) is 94.5 cm³/mol. The minimum Gasteiger partial charge on any atom is -0.448 e. The van der Waals surface area contributed by atoms with Crippen LogP contribution in [0, 0.1) is 0 Å². The molecule has 1 N–H and O–H groups in total. The van der Waals surface area contributed by atoms with Crippen LogP contribution in [-0.2, 0) is 16.6 Å². The summed E-state index contributed by atoms with van der Waals surface area (Å²) in [4.78, 5) is 35.4. The third kappa shape index (κ3) is 4.72. The molecule has 2 rings (SSSR count). The van der Waals surface area contributed by atoms with Crippen molar-refractivity contribution in [1.29, 1.82) is 0 Å². The van der Waals surface area contributed by atoms with Crippen molar-refractivity contribution >= 4 is 52.4 Å². The van der Waals surface area contributed by atoms with E-state index in [-0.39, 0.29) is 32.0 Å². The lowest BCUT2D eigenvalue weighted by molar-refractivity contribution is -0.123. The Balaban J connectivity index is 2.07. The first kappa shape index (κ1) is 19.2. The van der Waals surface area contributed by atoms with Crippen LogP contribution >= 0.6 is 34.8 Å². The molecule has 1 aromatic heterocycles. The van der Waals surface area contributed by atoms with E-state index in [1.165, 1.54) is 38.2 Å². The van der Waals surface area contributed by atoms with E-state index >= 15 is 0 Å². The fraction of sp³-hybridized carbons (Fsp3) is 0.200. The lowest BCUT2D eigenvalue weighted by Gasteiger charge is -2.14. The van der Waals surface area contributed by atoms with Gasteiger partial charge in [-0.1, -0.05) is 34.8 Å². The van der Waals surface area contributed by atoms with Gasteiger partial charge in [0.2, 0.25) is 0 Å². The standard InChI is InChI=1S/C15H12Cl3N3O4/c1-7(25-15(24)11-3-4-13(22)21(2)20-11)14(23)19-12-6-9(17)8(16)5-10(12)18/h3-7H,1-2H3,(H,19,23). The van der Waals surface area contributed by atoms with Crippen molar-refractivity contribution in [3.63, 3.8) is 0 Å². The molecule has 0 aliphatic rings. The Morgan fingerprint density at radius 2 is 1.80 bits per heavy atom. The number of aryl methyl sites for hydroxylation is 1. The predicted octanol–water partition coefficient (Wildman–Crippen LogP) is 2.92. The quantitative estimate of drug-likeness (QED) is 0.625. The van der Waals surface area contributed by atoms with Gasteiger partial charge in [-0.3, -0.25) is 9.59 Å². The molecule has 0 bridgehead atoms. The number of hydrogen-bond donors (Lipinski definition) is 1. The highest BCUT2D eigenvalue weighted by Gasteiger charge is 2.21. The lowest BCUT2D eigenvalue weighted by atomic mass is 10.3. The molecule has 132 valence electrons. The second kappa shape index (κ2) is 7.86. The molecule has 0 saturated carbocycles. The van der Waals surface area contributed by atoms with Gasteiger partial charge in [0, 0.05) is 13.1 Å². The first-order valence-corrected chi connectivity index (χ1v) is 8.03. The van der Waals surface area contributed by atoms with E-state index in [0.717, 1.165) is 4.68 Å². The molecule has 1 unspecified atom stereocenters. The Labute approximate surface area is 157 Å². The number of amides is 1. The van der Waals surface area contributed by atoms with Crippen molar-refractivity contribution in [2.24, 2.45) is 7.05 Å². The first-order valence-electron chi connectivity index (χ1n) is 6.89. The zero-order valence-electron chi connectivity index (χ0n) is 13.0. The van der Waals surface area contributed by atoms with Gasteiger partial charge in [0.15, 0.2) is 11.8 Å². The molecule has 0 radical (unpaired) electrons. The van der Waals surface area contributed by atoms with Crippen molar-refractivity contribution in [1.82, 2.24) is 9.78 Å². The second-order valence-corrected chi connectivity index (χ2v) is 6.18. The number of rotatable bonds is 4. The second-order valence-electron chi connectivity index (χ2n) is 4.96. The number of nitrogens with zero attached hydrogens (tertiary/aromatic N) is 2. The maximum Gasteiger partial charge on any atom is 0.359 e. The van der Waals surface area contributed by atoms with E-state index in [1.54, 1.807) is 0 Å². The molecule has 1 heterocycles. The van der Waals surface area contributed by atoms with E-state index in [0.29, 0.717) is 0 Å². The van der Waals surface area contributed by atoms with E-state index in [2.05, 4.69) is 10.4 Å². The molecule has 0 spiro atoms. The summed E-state index contributed by atoms with van der Waals surface area (Å²) in [5, 5.41) is 6.87. The molecule has 2 aromatic rings. The largest absolute Gasteiger partial charge is 0.448 e. The smallest absolute Gasteiger partial charge is 0.359 e. The van der Waals surface area contributed by atoms with E-state index in [1.807, 2.05) is 0 Å². The topological polar surface area (TPSA) is 90.3 Å². The lowest BCUT2D eigenvalue weighted by Crippen LogP contribution is -2.31. The summed E-state index contributed by atoms with van der Waals surface area (Å²) in [5.41, 5.74) is -0.255. The molecular formula is C15H12Cl3N3O4. The highest BCUT2D eigenvalue weighted by molar-refractivity contribution is 6.44. The van der Waals surface area contributed by atoms with Crippen molar-refractivity contribution in [2.75, 3.05) is 5.32 Å². The molecule has 0 aliphatic heterocycles. The normalized spacial score (nSPS) is 11.7. The summed E-state index contributed by atoms with van der Waals surface area (Å²) in [6, 6.07) is 5.15. The molecule has 0 aliphatic carbocycles. The molecule has 25 heavy (non-hydrogen) atoms. The van der Waals surface area contributed by atoms with Crippen LogP contribution in [0.15, 0.2) is 29.1 Å². The monoisotopic (exact) mass is 403 g/mol. The Bertz CT molecular complexity index is 898. The van der Waals surface area contributed by atoms with Crippen molar-refractivity contribution in [3.8, 4) is 0 Å². The zero-order valence-corrected chi connectivity index (χ0v) is 15.3. The average Bonchev–Trinajstić information content (AvgIpc) is 2.54. The molecule has 1 aromatic carbocycles. The van der Waals surface area contributed by atoms with Gasteiger partial charge in [-0.05, 0) is 25.1 Å². The van der Waals surface area contributed by atoms with Gasteiger partial charge in [-0.2, -0.15) is 5.10 Å². The average molecular weight is 405 g/mol. The summed E-state index contributed by atoms with van der Waals surface area (Å²) >= 11 is 17.7. The highest BCUT2D eigenvalue weighted by atomic mass is 35.5. The van der Waals surface area contributed by atoms with Gasteiger partial charge < -0.3 is 10.1 Å². The maximum atomic E-state index is 12.2. The number of carbonyl (C=O) groups excluding carboxylic acids is 2. The maximum absolute atomic E-state index is 12.2. The number of nitrogens with one attached hydrogen (secondary N) is 1. The number of benzene rings is 1. The number of anilines is 1. The van der Waals surface area contributed by atoms with E-state index in [9.17, 15) is 14.4 Å². The van der Waals surface area contributed by atoms with Crippen LogP contribution < -0.4 is 10.9 Å². The third-order valence-electron chi connectivity index (χ3n) is 3.09. The van der Waals surface area contributed by atoms with Gasteiger partial charge in [0.1, 0.15) is 0 Å². The van der Waals surface area contributed by atoms with E-state index in [4.69, 9.17) is 39.5 Å². The van der Waals surface area contributed by atoms with Gasteiger partial charge >= 0.3 is 5.97 Å². The number of esters is 1. The molecule has 1 atom stereocenters. The minimum absolute atomic E-state index is 0.102. The van der Waals surface area contributed by atoms with Crippen molar-refractivity contribution in [2.45, 2.75) is 13.0 Å². The third-order valence-corrected chi connectivity index (χ3v) is 4.13. The summed E-state index contributed by atoms with van der Waals surface area (Å²) in [5.74, 6) is -1.48. The Kier molecular flexibility index (Phi) is 6.05. The Morgan fingerprint density at radius 1 is 1.16 bits per heavy atom. The number of hydrogen-bond acceptors (Lipinski definition) is 5. The van der Waals surface area contributed by atoms with Crippen molar-refractivity contribution < 1.29 is 14.3 Å². The summed E-state index contributed by atoms with van der Waals surface area (Å²) in [7, 11) is 1.39. The summed E-state index contributed by atoms with van der Waals surface area (Å²) < 4.78 is 6.01. The van der Waals surface area contributed by atoms with Crippen LogP contribution in [0.3, 0.4) is 0 Å². The van der Waals surface area contributed by atoms with Crippen LogP contribution in [0.25, 0.3) is 0 Å².